The molecule has 0 saturated carbocycles. The molecule has 0 unspecified atom stereocenters. The van der Waals surface area contributed by atoms with Gasteiger partial charge in [0.2, 0.25) is 15.9 Å². The van der Waals surface area contributed by atoms with E-state index in [1.54, 1.807) is 13.8 Å². The highest BCUT2D eigenvalue weighted by Crippen LogP contribution is 2.13. The minimum atomic E-state index is -4.03. The zero-order chi connectivity index (χ0) is 20.7. The van der Waals surface area contributed by atoms with E-state index in [0.29, 0.717) is 12.7 Å². The van der Waals surface area contributed by atoms with Gasteiger partial charge < -0.3 is 10.1 Å². The number of sulfonamides is 1. The van der Waals surface area contributed by atoms with Gasteiger partial charge in [0.1, 0.15) is 18.1 Å². The lowest BCUT2D eigenvalue weighted by Gasteiger charge is -2.23. The van der Waals surface area contributed by atoms with Crippen LogP contribution in [0.15, 0.2) is 59.5 Å². The van der Waals surface area contributed by atoms with Gasteiger partial charge in [-0.3, -0.25) is 4.79 Å². The number of aldehydes is 1. The Kier molecular flexibility index (Phi) is 7.42. The van der Waals surface area contributed by atoms with E-state index in [-0.39, 0.29) is 10.8 Å². The largest absolute Gasteiger partial charge is 0.345 e. The average molecular weight is 406 g/mol. The molecule has 0 spiro atoms. The fraction of sp³-hybridized carbons (Fsp3) is 0.300. The van der Waals surface area contributed by atoms with E-state index in [9.17, 15) is 22.4 Å². The smallest absolute Gasteiger partial charge is 0.241 e. The first-order valence-electron chi connectivity index (χ1n) is 8.80. The lowest BCUT2D eigenvalue weighted by atomic mass is 10.0. The number of halogens is 1. The van der Waals surface area contributed by atoms with Crippen LogP contribution in [-0.4, -0.2) is 32.7 Å². The summed E-state index contributed by atoms with van der Waals surface area (Å²) in [4.78, 5) is 23.9. The first-order chi connectivity index (χ1) is 13.2. The van der Waals surface area contributed by atoms with E-state index in [1.165, 1.54) is 0 Å². The van der Waals surface area contributed by atoms with E-state index in [4.69, 9.17) is 0 Å². The third-order valence-electron chi connectivity index (χ3n) is 4.15. The third-order valence-corrected chi connectivity index (χ3v) is 5.60. The van der Waals surface area contributed by atoms with Crippen molar-refractivity contribution in [3.63, 3.8) is 0 Å². The van der Waals surface area contributed by atoms with Crippen LogP contribution in [0.2, 0.25) is 0 Å². The van der Waals surface area contributed by atoms with Crippen molar-refractivity contribution in [2.24, 2.45) is 5.92 Å². The Labute approximate surface area is 164 Å². The molecule has 0 aliphatic carbocycles. The Morgan fingerprint density at radius 1 is 1.07 bits per heavy atom. The molecule has 2 rings (SSSR count). The SMILES string of the molecule is CC(C)[C@H](NS(=O)(=O)c1ccc(F)cc1)C(=O)N[C@H](C=O)Cc1ccccc1. The van der Waals surface area contributed by atoms with Crippen LogP contribution >= 0.6 is 0 Å². The number of hydrogen-bond donors (Lipinski definition) is 2. The Hall–Kier alpha value is -2.58. The first kappa shape index (κ1) is 21.7. The summed E-state index contributed by atoms with van der Waals surface area (Å²) < 4.78 is 40.4. The summed E-state index contributed by atoms with van der Waals surface area (Å²) in [7, 11) is -4.03. The van der Waals surface area contributed by atoms with E-state index < -0.39 is 33.8 Å². The summed E-state index contributed by atoms with van der Waals surface area (Å²) in [6.45, 7) is 3.37. The number of rotatable bonds is 9. The van der Waals surface area contributed by atoms with Crippen molar-refractivity contribution in [2.75, 3.05) is 0 Å². The highest BCUT2D eigenvalue weighted by molar-refractivity contribution is 7.89. The summed E-state index contributed by atoms with van der Waals surface area (Å²) in [5.41, 5.74) is 0.868. The second kappa shape index (κ2) is 9.57. The molecule has 150 valence electrons. The maximum Gasteiger partial charge on any atom is 0.241 e. The Balaban J connectivity index is 2.12. The molecule has 0 aliphatic heterocycles. The molecule has 0 radical (unpaired) electrons. The standard InChI is InChI=1S/C20H23FN2O4S/c1-14(2)19(23-28(26,27)18-10-8-16(21)9-11-18)20(25)22-17(13-24)12-15-6-4-3-5-7-15/h3-11,13-14,17,19,23H,12H2,1-2H3,(H,22,25)/t17-,19-/m0/s1. The number of carbonyl (C=O) groups is 2. The van der Waals surface area contributed by atoms with E-state index >= 15 is 0 Å². The Bertz CT molecular complexity index is 900. The van der Waals surface area contributed by atoms with Gasteiger partial charge in [0.25, 0.3) is 0 Å². The molecule has 28 heavy (non-hydrogen) atoms. The van der Waals surface area contributed by atoms with Crippen molar-refractivity contribution in [3.8, 4) is 0 Å². The molecule has 0 heterocycles. The zero-order valence-electron chi connectivity index (χ0n) is 15.6. The van der Waals surface area contributed by atoms with Crippen LogP contribution in [0.3, 0.4) is 0 Å². The molecule has 2 aromatic carbocycles. The number of benzene rings is 2. The minimum Gasteiger partial charge on any atom is -0.345 e. The van der Waals surface area contributed by atoms with Crippen LogP contribution < -0.4 is 10.0 Å². The number of carbonyl (C=O) groups excluding carboxylic acids is 2. The van der Waals surface area contributed by atoms with Gasteiger partial charge in [-0.2, -0.15) is 4.72 Å². The van der Waals surface area contributed by atoms with Gasteiger partial charge in [-0.25, -0.2) is 12.8 Å². The molecular weight excluding hydrogens is 383 g/mol. The van der Waals surface area contributed by atoms with Crippen LogP contribution in [-0.2, 0) is 26.0 Å². The molecule has 2 N–H and O–H groups in total. The molecule has 2 aromatic rings. The van der Waals surface area contributed by atoms with Crippen molar-refractivity contribution in [1.82, 2.24) is 10.0 Å². The second-order valence-electron chi connectivity index (χ2n) is 6.74. The molecule has 8 heteroatoms. The molecule has 0 bridgehead atoms. The van der Waals surface area contributed by atoms with Crippen LogP contribution in [0.25, 0.3) is 0 Å². The molecule has 6 nitrogen and oxygen atoms in total. The van der Waals surface area contributed by atoms with Gasteiger partial charge in [0.15, 0.2) is 0 Å². The molecule has 1 amide bonds. The fourth-order valence-electron chi connectivity index (χ4n) is 2.61. The normalized spacial score (nSPS) is 13.7. The van der Waals surface area contributed by atoms with Gasteiger partial charge in [-0.15, -0.1) is 0 Å². The molecule has 0 fully saturated rings. The summed E-state index contributed by atoms with van der Waals surface area (Å²) in [6, 6.07) is 11.6. The molecule has 2 atom stereocenters. The number of amides is 1. The van der Waals surface area contributed by atoms with E-state index in [2.05, 4.69) is 10.0 Å². The Morgan fingerprint density at radius 3 is 2.21 bits per heavy atom. The van der Waals surface area contributed by atoms with E-state index in [1.807, 2.05) is 30.3 Å². The van der Waals surface area contributed by atoms with Crippen molar-refractivity contribution in [2.45, 2.75) is 37.2 Å². The maximum absolute atomic E-state index is 13.0. The van der Waals surface area contributed by atoms with Crippen molar-refractivity contribution < 1.29 is 22.4 Å². The fourth-order valence-corrected chi connectivity index (χ4v) is 3.96. The topological polar surface area (TPSA) is 92.3 Å². The summed E-state index contributed by atoms with van der Waals surface area (Å²) in [5, 5.41) is 2.59. The van der Waals surface area contributed by atoms with Gasteiger partial charge in [0.05, 0.1) is 10.9 Å². The minimum absolute atomic E-state index is 0.149. The van der Waals surface area contributed by atoms with Crippen molar-refractivity contribution >= 4 is 22.2 Å². The van der Waals surface area contributed by atoms with Gasteiger partial charge in [0, 0.05) is 0 Å². The Morgan fingerprint density at radius 2 is 1.68 bits per heavy atom. The number of hydrogen-bond acceptors (Lipinski definition) is 4. The van der Waals surface area contributed by atoms with E-state index in [0.717, 1.165) is 29.8 Å². The highest BCUT2D eigenvalue weighted by atomic mass is 32.2. The molecule has 0 aliphatic rings. The predicted molar refractivity (Wildman–Crippen MR) is 103 cm³/mol. The van der Waals surface area contributed by atoms with Gasteiger partial charge in [-0.05, 0) is 42.2 Å². The van der Waals surface area contributed by atoms with Crippen LogP contribution in [0, 0.1) is 11.7 Å². The zero-order valence-corrected chi connectivity index (χ0v) is 16.4. The van der Waals surface area contributed by atoms with Gasteiger partial charge in [-0.1, -0.05) is 44.2 Å². The first-order valence-corrected chi connectivity index (χ1v) is 10.3. The summed E-state index contributed by atoms with van der Waals surface area (Å²) in [6.07, 6.45) is 0.919. The molecular formula is C20H23FN2O4S. The summed E-state index contributed by atoms with van der Waals surface area (Å²) in [5.74, 6) is -1.54. The predicted octanol–water partition coefficient (Wildman–Crippen LogP) is 2.05. The second-order valence-corrected chi connectivity index (χ2v) is 8.45. The lowest BCUT2D eigenvalue weighted by Crippen LogP contribution is -2.52. The van der Waals surface area contributed by atoms with Gasteiger partial charge >= 0.3 is 0 Å². The highest BCUT2D eigenvalue weighted by Gasteiger charge is 2.29. The maximum atomic E-state index is 13.0. The molecule has 0 aromatic heterocycles. The lowest BCUT2D eigenvalue weighted by molar-refractivity contribution is -0.126. The van der Waals surface area contributed by atoms with Crippen LogP contribution in [0.5, 0.6) is 0 Å². The van der Waals surface area contributed by atoms with Crippen molar-refractivity contribution in [3.05, 3.63) is 66.0 Å². The monoisotopic (exact) mass is 406 g/mol. The van der Waals surface area contributed by atoms with Crippen molar-refractivity contribution in [1.29, 1.82) is 0 Å². The average Bonchev–Trinajstić information content (AvgIpc) is 2.66. The molecule has 0 saturated heterocycles. The number of nitrogens with one attached hydrogen (secondary N) is 2. The van der Waals surface area contributed by atoms with Crippen LogP contribution in [0.1, 0.15) is 19.4 Å². The summed E-state index contributed by atoms with van der Waals surface area (Å²) >= 11 is 0. The quantitative estimate of drug-likeness (QED) is 0.624. The van der Waals surface area contributed by atoms with Crippen LogP contribution in [0.4, 0.5) is 4.39 Å². The third kappa shape index (κ3) is 5.97.